The number of aliphatic hydroxyl groups is 4. The van der Waals surface area contributed by atoms with E-state index in [4.69, 9.17) is 11.3 Å². The van der Waals surface area contributed by atoms with Gasteiger partial charge in [-0.05, 0) is 19.4 Å². The maximum Gasteiger partial charge on any atom is 0.323 e. The molecule has 5 atom stereocenters. The van der Waals surface area contributed by atoms with E-state index in [0.717, 1.165) is 5.31 Å². The van der Waals surface area contributed by atoms with Crippen LogP contribution in [0.1, 0.15) is 12.8 Å². The highest BCUT2D eigenvalue weighted by Gasteiger charge is 2.35. The fourth-order valence-corrected chi connectivity index (χ4v) is 1.74. The maximum atomic E-state index is 11.7. The number of aliphatic hydroxyl groups excluding tert-OH is 4. The van der Waals surface area contributed by atoms with Gasteiger partial charge in [-0.2, -0.15) is 0 Å². The van der Waals surface area contributed by atoms with Gasteiger partial charge in [-0.15, -0.1) is 0 Å². The van der Waals surface area contributed by atoms with Crippen LogP contribution in [0, 0.1) is 0 Å². The third kappa shape index (κ3) is 4.22. The number of hydrogen-bond acceptors (Lipinski definition) is 8. The van der Waals surface area contributed by atoms with E-state index in [-0.39, 0.29) is 6.29 Å². The first kappa shape index (κ1) is 14.4. The van der Waals surface area contributed by atoms with Gasteiger partial charge in [0.25, 0.3) is 0 Å². The van der Waals surface area contributed by atoms with Crippen LogP contribution in [0.4, 0.5) is 0 Å². The molecule has 110 valence electrons. The fraction of sp³-hybridized carbons (Fsp3) is 0.818. The van der Waals surface area contributed by atoms with E-state index in [2.05, 4.69) is 0 Å². The number of nitrogens with one attached hydrogen (secondary N) is 1. The summed E-state index contributed by atoms with van der Waals surface area (Å²) in [5.41, 5.74) is 0. The zero-order chi connectivity index (χ0) is 15.3. The molecule has 0 aliphatic carbocycles. The van der Waals surface area contributed by atoms with Crippen molar-refractivity contribution in [2.24, 2.45) is 0 Å². The molecule has 1 aliphatic heterocycles. The quantitative estimate of drug-likeness (QED) is 0.244. The van der Waals surface area contributed by atoms with Crippen LogP contribution in [-0.4, -0.2) is 76.3 Å². The van der Waals surface area contributed by atoms with Gasteiger partial charge in [0.15, 0.2) is 12.4 Å². The molecule has 0 saturated carbocycles. The van der Waals surface area contributed by atoms with Crippen molar-refractivity contribution in [2.45, 2.75) is 43.3 Å². The van der Waals surface area contributed by atoms with E-state index in [1.165, 1.54) is 0 Å². The van der Waals surface area contributed by atoms with Crippen LogP contribution in [-0.2, 0) is 14.3 Å². The average molecular weight is 278 g/mol. The SMILES string of the molecule is [2H]N1CCC[C@H]1C(=O)O[C@@H](C=O)[C@@H](O)[C@@H](O)[C@H](O)CO. The van der Waals surface area contributed by atoms with Crippen LogP contribution in [0.25, 0.3) is 0 Å². The second-order valence-electron chi connectivity index (χ2n) is 4.33. The van der Waals surface area contributed by atoms with Crippen molar-refractivity contribution in [1.82, 2.24) is 5.31 Å². The molecular weight excluding hydrogens is 258 g/mol. The van der Waals surface area contributed by atoms with Gasteiger partial charge in [0.2, 0.25) is 0 Å². The number of carbonyl (C=O) groups excluding carboxylic acids is 2. The van der Waals surface area contributed by atoms with E-state index >= 15 is 0 Å². The summed E-state index contributed by atoms with van der Waals surface area (Å²) in [6, 6.07) is -0.815. The molecule has 8 nitrogen and oxygen atoms in total. The monoisotopic (exact) mass is 278 g/mol. The van der Waals surface area contributed by atoms with Gasteiger partial charge in [-0.3, -0.25) is 9.59 Å². The van der Waals surface area contributed by atoms with Gasteiger partial charge in [0.1, 0.15) is 25.8 Å². The van der Waals surface area contributed by atoms with Gasteiger partial charge in [0.05, 0.1) is 6.61 Å². The average Bonchev–Trinajstić information content (AvgIpc) is 2.88. The molecule has 0 amide bonds. The summed E-state index contributed by atoms with van der Waals surface area (Å²) in [6.07, 6.45) is -5.86. The summed E-state index contributed by atoms with van der Waals surface area (Å²) in [6.45, 7) is -0.416. The van der Waals surface area contributed by atoms with Crippen molar-refractivity contribution < 1.29 is 36.2 Å². The molecule has 5 N–H and O–H groups in total. The summed E-state index contributed by atoms with van der Waals surface area (Å²) in [5, 5.41) is 38.0. The van der Waals surface area contributed by atoms with E-state index in [1.54, 1.807) is 0 Å². The van der Waals surface area contributed by atoms with Gasteiger partial charge >= 0.3 is 5.97 Å². The third-order valence-electron chi connectivity index (χ3n) is 2.91. The molecule has 1 saturated heterocycles. The Morgan fingerprint density at radius 1 is 1.47 bits per heavy atom. The van der Waals surface area contributed by atoms with Gasteiger partial charge < -0.3 is 30.5 Å². The topological polar surface area (TPSA) is 136 Å². The molecule has 0 radical (unpaired) electrons. The van der Waals surface area contributed by atoms with Crippen LogP contribution in [0.2, 0.25) is 1.41 Å². The molecule has 1 rings (SSSR count). The minimum absolute atomic E-state index is 0.124. The van der Waals surface area contributed by atoms with Crippen molar-refractivity contribution in [2.75, 3.05) is 13.2 Å². The Morgan fingerprint density at radius 3 is 2.63 bits per heavy atom. The first-order valence-corrected chi connectivity index (χ1v) is 5.98. The van der Waals surface area contributed by atoms with E-state index in [0.29, 0.717) is 19.4 Å². The van der Waals surface area contributed by atoms with E-state index in [9.17, 15) is 24.9 Å². The Labute approximate surface area is 111 Å². The number of rotatable bonds is 7. The highest BCUT2D eigenvalue weighted by molar-refractivity contribution is 5.78. The van der Waals surface area contributed by atoms with Gasteiger partial charge in [0, 0.05) is 0 Å². The Morgan fingerprint density at radius 2 is 2.16 bits per heavy atom. The zero-order valence-corrected chi connectivity index (χ0v) is 10.3. The number of hydrogen-bond donors (Lipinski definition) is 5. The second-order valence-corrected chi connectivity index (χ2v) is 4.33. The smallest absolute Gasteiger partial charge is 0.323 e. The van der Waals surface area contributed by atoms with E-state index in [1.807, 2.05) is 0 Å². The molecule has 0 bridgehead atoms. The van der Waals surface area contributed by atoms with Crippen molar-refractivity contribution >= 4 is 12.3 Å². The fourth-order valence-electron chi connectivity index (χ4n) is 1.74. The largest absolute Gasteiger partial charge is 0.451 e. The Kier molecular flexibility index (Phi) is 5.67. The number of esters is 1. The van der Waals surface area contributed by atoms with Crippen molar-refractivity contribution in [1.29, 1.82) is 0 Å². The summed E-state index contributed by atoms with van der Waals surface area (Å²) in [5.74, 6) is -0.848. The summed E-state index contributed by atoms with van der Waals surface area (Å²) < 4.78 is 12.2. The summed E-state index contributed by atoms with van der Waals surface area (Å²) >= 11 is 0. The lowest BCUT2D eigenvalue weighted by molar-refractivity contribution is -0.169. The van der Waals surface area contributed by atoms with Crippen LogP contribution < -0.4 is 5.31 Å². The highest BCUT2D eigenvalue weighted by atomic mass is 16.6. The summed E-state index contributed by atoms with van der Waals surface area (Å²) in [7, 11) is 0. The predicted octanol–water partition coefficient (Wildman–Crippen LogP) is -3.08. The minimum atomic E-state index is -1.86. The normalized spacial score (nSPS) is 27.2. The standard InChI is InChI=1S/C11H19NO7/c13-4-7(15)9(16)10(17)8(5-14)19-11(18)6-2-1-3-12-6/h5-10,12-13,15-17H,1-4H2/t6-,7+,8-,9-,10+/m0/s1/i/hD. The summed E-state index contributed by atoms with van der Waals surface area (Å²) in [4.78, 5) is 22.6. The third-order valence-corrected chi connectivity index (χ3v) is 2.91. The second kappa shape index (κ2) is 7.51. The predicted molar refractivity (Wildman–Crippen MR) is 62.1 cm³/mol. The van der Waals surface area contributed by atoms with Crippen LogP contribution in [0.3, 0.4) is 0 Å². The minimum Gasteiger partial charge on any atom is -0.451 e. The van der Waals surface area contributed by atoms with Crippen LogP contribution >= 0.6 is 0 Å². The molecule has 1 heterocycles. The molecule has 0 aromatic heterocycles. The molecule has 0 aromatic carbocycles. The lowest BCUT2D eigenvalue weighted by Gasteiger charge is -2.26. The maximum absolute atomic E-state index is 11.7. The lowest BCUT2D eigenvalue weighted by atomic mass is 10.0. The Hall–Kier alpha value is -1.06. The molecule has 1 fully saturated rings. The van der Waals surface area contributed by atoms with Crippen LogP contribution in [0.15, 0.2) is 0 Å². The molecular formula is C11H19NO7. The molecule has 0 spiro atoms. The van der Waals surface area contributed by atoms with Gasteiger partial charge in [-0.25, -0.2) is 0 Å². The van der Waals surface area contributed by atoms with Crippen LogP contribution in [0.5, 0.6) is 0 Å². The van der Waals surface area contributed by atoms with E-state index < -0.39 is 43.0 Å². The molecule has 8 heteroatoms. The molecule has 0 unspecified atom stereocenters. The number of carbonyl (C=O) groups is 2. The Balaban J connectivity index is 2.62. The number of aldehydes is 1. The van der Waals surface area contributed by atoms with Gasteiger partial charge in [-0.1, -0.05) is 0 Å². The van der Waals surface area contributed by atoms with Crippen molar-refractivity contribution in [3.05, 3.63) is 0 Å². The van der Waals surface area contributed by atoms with Crippen molar-refractivity contribution in [3.8, 4) is 0 Å². The molecule has 0 aromatic rings. The Bertz CT molecular complexity index is 343. The highest BCUT2D eigenvalue weighted by Crippen LogP contribution is 2.11. The first-order valence-electron chi connectivity index (χ1n) is 6.43. The molecule has 1 aliphatic rings. The number of ether oxygens (including phenoxy) is 1. The zero-order valence-electron chi connectivity index (χ0n) is 11.3. The first-order chi connectivity index (χ1) is 9.42. The molecule has 19 heavy (non-hydrogen) atoms. The van der Waals surface area contributed by atoms with Crippen molar-refractivity contribution in [3.63, 3.8) is 0 Å². The lowest BCUT2D eigenvalue weighted by Crippen LogP contribution is -2.49.